The van der Waals surface area contributed by atoms with Gasteiger partial charge in [-0.3, -0.25) is 4.98 Å². The van der Waals surface area contributed by atoms with Crippen molar-refractivity contribution in [1.29, 1.82) is 0 Å². The number of rotatable bonds is 5. The average Bonchev–Trinajstić information content (AvgIpc) is 3.32. The molecule has 0 spiro atoms. The summed E-state index contributed by atoms with van der Waals surface area (Å²) >= 11 is 5.82. The first kappa shape index (κ1) is 21.2. The van der Waals surface area contributed by atoms with Crippen LogP contribution in [0.5, 0.6) is 5.75 Å². The Labute approximate surface area is 199 Å². The number of hydrogen-bond donors (Lipinski definition) is 2. The quantitative estimate of drug-likeness (QED) is 0.394. The van der Waals surface area contributed by atoms with Crippen molar-refractivity contribution in [2.75, 3.05) is 4.90 Å². The normalized spacial score (nSPS) is 17.9. The molecule has 2 N–H and O–H groups in total. The second-order valence-corrected chi connectivity index (χ2v) is 8.80. The molecule has 1 aliphatic heterocycles. The molecule has 2 aromatic heterocycles. The summed E-state index contributed by atoms with van der Waals surface area (Å²) in [4.78, 5) is 6.79. The van der Waals surface area contributed by atoms with E-state index >= 15 is 0 Å². The lowest BCUT2D eigenvalue weighted by Crippen LogP contribution is -2.29. The van der Waals surface area contributed by atoms with Gasteiger partial charge in [0.15, 0.2) is 5.11 Å². The van der Waals surface area contributed by atoms with Crippen LogP contribution in [0, 0.1) is 13.8 Å². The fourth-order valence-corrected chi connectivity index (χ4v) is 5.04. The van der Waals surface area contributed by atoms with Crippen molar-refractivity contribution in [3.8, 4) is 5.75 Å². The number of benzene rings is 2. The fraction of sp³-hybridized carbons (Fsp3) is 0.185. The predicted octanol–water partition coefficient (Wildman–Crippen LogP) is 5.43. The van der Waals surface area contributed by atoms with Gasteiger partial charge in [-0.1, -0.05) is 36.4 Å². The number of anilines is 1. The van der Waals surface area contributed by atoms with E-state index in [0.29, 0.717) is 5.11 Å². The highest BCUT2D eigenvalue weighted by Gasteiger charge is 2.42. The molecule has 1 fully saturated rings. The molecular weight excluding hydrogens is 428 g/mol. The fourth-order valence-electron chi connectivity index (χ4n) is 4.70. The predicted molar refractivity (Wildman–Crippen MR) is 135 cm³/mol. The van der Waals surface area contributed by atoms with Gasteiger partial charge in [-0.05, 0) is 79.7 Å². The number of aromatic nitrogens is 2. The maximum Gasteiger partial charge on any atom is 0.174 e. The molecule has 1 saturated heterocycles. The summed E-state index contributed by atoms with van der Waals surface area (Å²) in [6.45, 7) is 5.15. The van der Waals surface area contributed by atoms with Crippen molar-refractivity contribution in [2.24, 2.45) is 0 Å². The molecule has 0 radical (unpaired) electrons. The Morgan fingerprint density at radius 2 is 1.70 bits per heavy atom. The average molecular weight is 455 g/mol. The van der Waals surface area contributed by atoms with E-state index in [0.717, 1.165) is 17.9 Å². The minimum absolute atomic E-state index is 0.0762. The Bertz CT molecular complexity index is 1270. The van der Waals surface area contributed by atoms with Crippen molar-refractivity contribution in [2.45, 2.75) is 32.5 Å². The SMILES string of the molecule is Cc1cc([C@@H]2[C@@H](c3ccccn3)NC(=S)N2c2ccc(O)cc2)c(C)n1Cc1ccccc1. The molecule has 0 saturated carbocycles. The van der Waals surface area contributed by atoms with Gasteiger partial charge >= 0.3 is 0 Å². The van der Waals surface area contributed by atoms with E-state index in [2.05, 4.69) is 63.9 Å². The van der Waals surface area contributed by atoms with Gasteiger partial charge in [0.05, 0.1) is 17.8 Å². The molecule has 166 valence electrons. The summed E-state index contributed by atoms with van der Waals surface area (Å²) in [5.41, 5.74) is 6.76. The number of nitrogens with one attached hydrogen (secondary N) is 1. The maximum atomic E-state index is 9.82. The lowest BCUT2D eigenvalue weighted by molar-refractivity contribution is 0.475. The molecule has 0 amide bonds. The molecule has 0 aliphatic carbocycles. The maximum absolute atomic E-state index is 9.82. The van der Waals surface area contributed by atoms with Crippen LogP contribution >= 0.6 is 12.2 Å². The zero-order valence-electron chi connectivity index (χ0n) is 18.6. The van der Waals surface area contributed by atoms with E-state index in [9.17, 15) is 5.11 Å². The molecular formula is C27H26N4OS. The van der Waals surface area contributed by atoms with Gasteiger partial charge in [-0.25, -0.2) is 0 Å². The lowest BCUT2D eigenvalue weighted by atomic mass is 9.96. The highest BCUT2D eigenvalue weighted by atomic mass is 32.1. The highest BCUT2D eigenvalue weighted by molar-refractivity contribution is 7.80. The van der Waals surface area contributed by atoms with E-state index in [1.807, 2.05) is 42.6 Å². The first-order valence-corrected chi connectivity index (χ1v) is 11.4. The molecule has 2 aromatic carbocycles. The summed E-state index contributed by atoms with van der Waals surface area (Å²) in [7, 11) is 0. The molecule has 3 heterocycles. The summed E-state index contributed by atoms with van der Waals surface area (Å²) in [5.74, 6) is 0.232. The zero-order chi connectivity index (χ0) is 22.9. The van der Waals surface area contributed by atoms with E-state index in [-0.39, 0.29) is 17.8 Å². The largest absolute Gasteiger partial charge is 0.508 e. The van der Waals surface area contributed by atoms with Gasteiger partial charge in [0.1, 0.15) is 5.75 Å². The van der Waals surface area contributed by atoms with Crippen molar-refractivity contribution in [1.82, 2.24) is 14.9 Å². The van der Waals surface area contributed by atoms with Crippen molar-refractivity contribution < 1.29 is 5.11 Å². The second-order valence-electron chi connectivity index (χ2n) is 8.41. The summed E-state index contributed by atoms with van der Waals surface area (Å²) < 4.78 is 2.36. The molecule has 5 nitrogen and oxygen atoms in total. The minimum atomic E-state index is -0.0989. The van der Waals surface area contributed by atoms with Crippen LogP contribution < -0.4 is 10.2 Å². The first-order valence-electron chi connectivity index (χ1n) is 11.0. The second kappa shape index (κ2) is 8.71. The van der Waals surface area contributed by atoms with Crippen LogP contribution in [0.1, 0.15) is 40.3 Å². The van der Waals surface area contributed by atoms with E-state index in [1.165, 1.54) is 22.5 Å². The van der Waals surface area contributed by atoms with E-state index in [1.54, 1.807) is 12.1 Å². The third-order valence-corrected chi connectivity index (χ3v) is 6.66. The molecule has 33 heavy (non-hydrogen) atoms. The summed E-state index contributed by atoms with van der Waals surface area (Å²) in [6.07, 6.45) is 1.82. The van der Waals surface area contributed by atoms with Crippen molar-refractivity contribution in [3.05, 3.63) is 113 Å². The van der Waals surface area contributed by atoms with Crippen LogP contribution in [0.15, 0.2) is 85.1 Å². The smallest absolute Gasteiger partial charge is 0.174 e. The Morgan fingerprint density at radius 1 is 0.970 bits per heavy atom. The Morgan fingerprint density at radius 3 is 2.39 bits per heavy atom. The number of aromatic hydroxyl groups is 1. The number of aryl methyl sites for hydroxylation is 1. The third kappa shape index (κ3) is 3.98. The minimum Gasteiger partial charge on any atom is -0.508 e. The monoisotopic (exact) mass is 454 g/mol. The van der Waals surface area contributed by atoms with Gasteiger partial charge in [0.2, 0.25) is 0 Å². The Kier molecular flexibility index (Phi) is 5.60. The molecule has 2 atom stereocenters. The number of thiocarbonyl (C=S) groups is 1. The van der Waals surface area contributed by atoms with Crippen LogP contribution in [0.2, 0.25) is 0 Å². The van der Waals surface area contributed by atoms with Crippen molar-refractivity contribution in [3.63, 3.8) is 0 Å². The standard InChI is InChI=1S/C27H26N4OS/c1-18-16-23(19(2)30(18)17-20-8-4-3-5-9-20)26-25(24-10-6-7-15-28-24)29-27(33)31(26)21-11-13-22(32)14-12-21/h3-16,25-26,32H,17H2,1-2H3,(H,29,33)/t25-,26-/m1/s1. The topological polar surface area (TPSA) is 53.3 Å². The van der Waals surface area contributed by atoms with Gasteiger partial charge < -0.3 is 19.9 Å². The molecule has 0 bridgehead atoms. The number of pyridine rings is 1. The summed E-state index contributed by atoms with van der Waals surface area (Å²) in [6, 6.07) is 25.8. The van der Waals surface area contributed by atoms with Crippen LogP contribution in [0.4, 0.5) is 5.69 Å². The van der Waals surface area contributed by atoms with Crippen LogP contribution in [0.25, 0.3) is 0 Å². The molecule has 1 aliphatic rings. The van der Waals surface area contributed by atoms with Gasteiger partial charge in [0, 0.05) is 29.8 Å². The third-order valence-electron chi connectivity index (χ3n) is 6.34. The first-order chi connectivity index (χ1) is 16.0. The lowest BCUT2D eigenvalue weighted by Gasteiger charge is -2.28. The molecule has 6 heteroatoms. The number of phenols is 1. The van der Waals surface area contributed by atoms with E-state index in [4.69, 9.17) is 12.2 Å². The van der Waals surface area contributed by atoms with Crippen LogP contribution in [-0.2, 0) is 6.54 Å². The Balaban J connectivity index is 1.62. The van der Waals surface area contributed by atoms with Gasteiger partial charge in [-0.15, -0.1) is 0 Å². The van der Waals surface area contributed by atoms with Crippen molar-refractivity contribution >= 4 is 23.0 Å². The number of phenolic OH excluding ortho intramolecular Hbond substituents is 1. The zero-order valence-corrected chi connectivity index (χ0v) is 19.5. The molecule has 5 rings (SSSR count). The molecule has 4 aromatic rings. The number of nitrogens with zero attached hydrogens (tertiary/aromatic N) is 3. The van der Waals surface area contributed by atoms with Crippen LogP contribution in [-0.4, -0.2) is 19.8 Å². The van der Waals surface area contributed by atoms with E-state index < -0.39 is 0 Å². The summed E-state index contributed by atoms with van der Waals surface area (Å²) in [5, 5.41) is 14.0. The van der Waals surface area contributed by atoms with Gasteiger partial charge in [0.25, 0.3) is 0 Å². The van der Waals surface area contributed by atoms with Gasteiger partial charge in [-0.2, -0.15) is 0 Å². The number of hydrogen-bond acceptors (Lipinski definition) is 3. The molecule has 0 unspecified atom stereocenters. The Hall–Kier alpha value is -3.64. The van der Waals surface area contributed by atoms with Crippen LogP contribution in [0.3, 0.4) is 0 Å². The highest BCUT2D eigenvalue weighted by Crippen LogP contribution is 2.43.